The maximum absolute atomic E-state index is 0. The molecule has 0 atom stereocenters. The molecular formula is H7ClLaO3. The van der Waals surface area contributed by atoms with Crippen LogP contribution in [0.2, 0.25) is 0 Å². The van der Waals surface area contributed by atoms with Crippen LogP contribution < -0.4 is 0 Å². The van der Waals surface area contributed by atoms with Crippen LogP contribution in [-0.2, 0) is 0 Å². The Balaban J connectivity index is 0. The van der Waals surface area contributed by atoms with Gasteiger partial charge >= 0.3 is 0 Å². The number of halogens is 1. The van der Waals surface area contributed by atoms with Gasteiger partial charge in [-0.15, -0.1) is 12.4 Å². The molecule has 35 valence electrons. The topological polar surface area (TPSA) is 94.5 Å². The normalized spacial score (nSPS) is 0. The Morgan fingerprint density at radius 2 is 0.600 bits per heavy atom. The van der Waals surface area contributed by atoms with Gasteiger partial charge in [-0.2, -0.15) is 0 Å². The van der Waals surface area contributed by atoms with Crippen LogP contribution in [0.5, 0.6) is 0 Å². The summed E-state index contributed by atoms with van der Waals surface area (Å²) in [7, 11) is 0. The first kappa shape index (κ1) is 98.3. The van der Waals surface area contributed by atoms with E-state index in [1.807, 2.05) is 0 Å². The molecule has 0 fully saturated rings. The zero-order chi connectivity index (χ0) is 0. The largest absolute Gasteiger partial charge is 0.412 e. The van der Waals surface area contributed by atoms with E-state index >= 15 is 0 Å². The van der Waals surface area contributed by atoms with Crippen LogP contribution in [0, 0.1) is 35.6 Å². The zero-order valence-corrected chi connectivity index (χ0v) is 6.93. The van der Waals surface area contributed by atoms with Crippen LogP contribution in [-0.4, -0.2) is 16.4 Å². The first-order valence-electron chi connectivity index (χ1n) is 0. The fraction of sp³-hybridized carbons (Fsp3) is 0. The SMILES string of the molecule is Cl.O.O.O.[La]. The zero-order valence-electron chi connectivity index (χ0n) is 2.49. The van der Waals surface area contributed by atoms with Crippen molar-refractivity contribution in [2.75, 3.05) is 0 Å². The summed E-state index contributed by atoms with van der Waals surface area (Å²) in [5, 5.41) is 0. The molecule has 0 saturated heterocycles. The van der Waals surface area contributed by atoms with E-state index < -0.39 is 0 Å². The van der Waals surface area contributed by atoms with Gasteiger partial charge in [0.1, 0.15) is 0 Å². The number of hydrogen-bond donors (Lipinski definition) is 0. The minimum absolute atomic E-state index is 0. The fourth-order valence-electron chi connectivity index (χ4n) is 0. The summed E-state index contributed by atoms with van der Waals surface area (Å²) in [4.78, 5) is 0. The predicted octanol–water partition coefficient (Wildman–Crippen LogP) is -2.05. The first-order valence-corrected chi connectivity index (χ1v) is 0. The third-order valence-electron chi connectivity index (χ3n) is 0. The van der Waals surface area contributed by atoms with E-state index in [0.29, 0.717) is 0 Å². The van der Waals surface area contributed by atoms with Gasteiger partial charge in [-0.3, -0.25) is 0 Å². The molecule has 0 bridgehead atoms. The van der Waals surface area contributed by atoms with E-state index in [4.69, 9.17) is 0 Å². The van der Waals surface area contributed by atoms with Crippen LogP contribution in [0.1, 0.15) is 0 Å². The third-order valence-corrected chi connectivity index (χ3v) is 0. The Morgan fingerprint density at radius 1 is 0.600 bits per heavy atom. The second kappa shape index (κ2) is 54.9. The molecule has 0 amide bonds. The smallest absolute Gasteiger partial charge is 0 e. The second-order valence-corrected chi connectivity index (χ2v) is 0. The number of rotatable bonds is 0. The molecule has 0 aromatic heterocycles. The molecule has 0 rings (SSSR count). The van der Waals surface area contributed by atoms with Crippen molar-refractivity contribution in [3.8, 4) is 0 Å². The van der Waals surface area contributed by atoms with Gasteiger partial charge in [-0.05, 0) is 0 Å². The van der Waals surface area contributed by atoms with E-state index in [9.17, 15) is 0 Å². The monoisotopic (exact) mass is 229 g/mol. The van der Waals surface area contributed by atoms with Crippen molar-refractivity contribution in [1.29, 1.82) is 0 Å². The molecule has 0 heterocycles. The van der Waals surface area contributed by atoms with Crippen LogP contribution in [0.25, 0.3) is 0 Å². The molecule has 0 spiro atoms. The molecule has 5 heteroatoms. The Bertz CT molecular complexity index is 6.85. The van der Waals surface area contributed by atoms with Crippen molar-refractivity contribution in [3.05, 3.63) is 0 Å². The van der Waals surface area contributed by atoms with Crippen molar-refractivity contribution >= 4 is 12.4 Å². The summed E-state index contributed by atoms with van der Waals surface area (Å²) in [6.45, 7) is 0. The Hall–Kier alpha value is 1.36. The van der Waals surface area contributed by atoms with Crippen LogP contribution in [0.15, 0.2) is 0 Å². The molecule has 0 aliphatic rings. The van der Waals surface area contributed by atoms with Crippen LogP contribution in [0.4, 0.5) is 0 Å². The van der Waals surface area contributed by atoms with Crippen LogP contribution >= 0.6 is 12.4 Å². The predicted molar refractivity (Wildman–Crippen MR) is 18.1 cm³/mol. The molecule has 0 unspecified atom stereocenters. The van der Waals surface area contributed by atoms with E-state index in [1.165, 1.54) is 0 Å². The summed E-state index contributed by atoms with van der Waals surface area (Å²) in [5.74, 6) is 0. The summed E-state index contributed by atoms with van der Waals surface area (Å²) in [6.07, 6.45) is 0. The summed E-state index contributed by atoms with van der Waals surface area (Å²) in [5.41, 5.74) is 0. The minimum atomic E-state index is 0. The van der Waals surface area contributed by atoms with Gasteiger partial charge in [-0.25, -0.2) is 0 Å². The number of hydrogen-bond acceptors (Lipinski definition) is 0. The third kappa shape index (κ3) is 32.6. The van der Waals surface area contributed by atoms with Gasteiger partial charge in [-0.1, -0.05) is 0 Å². The summed E-state index contributed by atoms with van der Waals surface area (Å²) >= 11 is 0. The quantitative estimate of drug-likeness (QED) is 0.457. The van der Waals surface area contributed by atoms with Gasteiger partial charge < -0.3 is 16.4 Å². The molecule has 0 aromatic carbocycles. The Labute approximate surface area is 64.1 Å². The molecule has 0 aromatic rings. The molecule has 5 heavy (non-hydrogen) atoms. The molecule has 3 nitrogen and oxygen atoms in total. The maximum atomic E-state index is 0. The van der Waals surface area contributed by atoms with Crippen molar-refractivity contribution in [2.24, 2.45) is 0 Å². The van der Waals surface area contributed by atoms with Gasteiger partial charge in [0.25, 0.3) is 0 Å². The Kier molecular flexibility index (Phi) is 1080. The molecule has 0 aliphatic carbocycles. The molecule has 1 radical (unpaired) electrons. The van der Waals surface area contributed by atoms with Crippen molar-refractivity contribution in [3.63, 3.8) is 0 Å². The fourth-order valence-corrected chi connectivity index (χ4v) is 0. The van der Waals surface area contributed by atoms with E-state index in [0.717, 1.165) is 0 Å². The van der Waals surface area contributed by atoms with Crippen LogP contribution in [0.3, 0.4) is 0 Å². The molecule has 0 saturated carbocycles. The van der Waals surface area contributed by atoms with E-state index in [2.05, 4.69) is 0 Å². The Morgan fingerprint density at radius 3 is 0.600 bits per heavy atom. The van der Waals surface area contributed by atoms with Gasteiger partial charge in [0.2, 0.25) is 0 Å². The second-order valence-electron chi connectivity index (χ2n) is 0. The van der Waals surface area contributed by atoms with Crippen molar-refractivity contribution < 1.29 is 52.0 Å². The summed E-state index contributed by atoms with van der Waals surface area (Å²) < 4.78 is 0. The van der Waals surface area contributed by atoms with Gasteiger partial charge in [0, 0.05) is 35.6 Å². The molecule has 0 aliphatic heterocycles. The average Bonchev–Trinajstić information content (AvgIpc) is 0. The van der Waals surface area contributed by atoms with E-state index in [-0.39, 0.29) is 64.4 Å². The van der Waals surface area contributed by atoms with E-state index in [1.54, 1.807) is 0 Å². The first-order chi connectivity index (χ1) is 0. The van der Waals surface area contributed by atoms with Gasteiger partial charge in [0.05, 0.1) is 0 Å². The van der Waals surface area contributed by atoms with Crippen molar-refractivity contribution in [1.82, 2.24) is 0 Å². The molecule has 6 N–H and O–H groups in total. The summed E-state index contributed by atoms with van der Waals surface area (Å²) in [6, 6.07) is 0. The van der Waals surface area contributed by atoms with Gasteiger partial charge in [0.15, 0.2) is 0 Å². The molecular weight excluding hydrogens is 222 g/mol. The maximum Gasteiger partial charge on any atom is 0 e. The minimum Gasteiger partial charge on any atom is -0.412 e. The standard InChI is InChI=1S/ClH.La.3H2O/h1H;;3*1H2. The average molecular weight is 229 g/mol. The van der Waals surface area contributed by atoms with Crippen molar-refractivity contribution in [2.45, 2.75) is 0 Å².